The molecule has 0 aliphatic rings. The lowest BCUT2D eigenvalue weighted by Gasteiger charge is -2.31. The molecule has 1 rings (SSSR count). The molecule has 4 nitrogen and oxygen atoms in total. The molecule has 1 N–H and O–H groups in total. The highest BCUT2D eigenvalue weighted by molar-refractivity contribution is 5.79. The van der Waals surface area contributed by atoms with Crippen LogP contribution in [0, 0.1) is 0 Å². The summed E-state index contributed by atoms with van der Waals surface area (Å²) in [6.07, 6.45) is 3.56. The van der Waals surface area contributed by atoms with Crippen molar-refractivity contribution in [2.45, 2.75) is 38.6 Å². The van der Waals surface area contributed by atoms with Gasteiger partial charge < -0.3 is 10.1 Å². The monoisotopic (exact) mass is 250 g/mol. The minimum absolute atomic E-state index is 0.0752. The predicted octanol–water partition coefficient (Wildman–Crippen LogP) is 1.90. The number of carbonyl (C=O) groups excluding carboxylic acids is 1. The van der Waals surface area contributed by atoms with Crippen LogP contribution >= 0.6 is 0 Å². The summed E-state index contributed by atoms with van der Waals surface area (Å²) in [4.78, 5) is 15.6. The van der Waals surface area contributed by atoms with Crippen LogP contribution < -0.4 is 5.32 Å². The van der Waals surface area contributed by atoms with Gasteiger partial charge in [0.15, 0.2) is 0 Å². The quantitative estimate of drug-likeness (QED) is 0.811. The second-order valence-corrected chi connectivity index (χ2v) is 5.59. The van der Waals surface area contributed by atoms with Crippen molar-refractivity contribution in [3.05, 3.63) is 30.1 Å². The highest BCUT2D eigenvalue weighted by atomic mass is 16.5. The molecule has 100 valence electrons. The lowest BCUT2D eigenvalue weighted by atomic mass is 9.84. The van der Waals surface area contributed by atoms with E-state index >= 15 is 0 Å². The van der Waals surface area contributed by atoms with Gasteiger partial charge in [-0.25, -0.2) is 0 Å². The maximum Gasteiger partial charge on any atom is 0.325 e. The Morgan fingerprint density at radius 2 is 1.83 bits per heavy atom. The molecule has 0 fully saturated rings. The van der Waals surface area contributed by atoms with E-state index < -0.39 is 5.54 Å². The number of aromatic nitrogens is 1. The topological polar surface area (TPSA) is 51.2 Å². The Morgan fingerprint density at radius 3 is 2.33 bits per heavy atom. The molecule has 0 aromatic carbocycles. The molecular formula is C14H22N2O2. The van der Waals surface area contributed by atoms with Gasteiger partial charge in [0.05, 0.1) is 7.11 Å². The van der Waals surface area contributed by atoms with Crippen LogP contribution in [0.1, 0.15) is 33.3 Å². The van der Waals surface area contributed by atoms with E-state index in [1.165, 1.54) is 12.7 Å². The first-order valence-corrected chi connectivity index (χ1v) is 6.03. The molecule has 1 heterocycles. The number of carbonyl (C=O) groups is 1. The number of nitrogens with one attached hydrogen (secondary N) is 1. The fraction of sp³-hybridized carbons (Fsp3) is 0.571. The van der Waals surface area contributed by atoms with Crippen LogP contribution in [0.2, 0.25) is 0 Å². The van der Waals surface area contributed by atoms with Gasteiger partial charge in [-0.3, -0.25) is 9.78 Å². The van der Waals surface area contributed by atoms with Crippen molar-refractivity contribution in [1.29, 1.82) is 0 Å². The first-order chi connectivity index (χ1) is 8.29. The van der Waals surface area contributed by atoms with E-state index in [9.17, 15) is 4.79 Å². The van der Waals surface area contributed by atoms with E-state index in [-0.39, 0.29) is 11.4 Å². The Balaban J connectivity index is 2.71. The molecule has 0 saturated heterocycles. The largest absolute Gasteiger partial charge is 0.468 e. The third-order valence-corrected chi connectivity index (χ3v) is 3.13. The van der Waals surface area contributed by atoms with Crippen molar-refractivity contribution in [2.24, 2.45) is 0 Å². The molecule has 0 spiro atoms. The number of pyridine rings is 1. The molecule has 0 aliphatic carbocycles. The van der Waals surface area contributed by atoms with Crippen molar-refractivity contribution in [3.63, 3.8) is 0 Å². The first kappa shape index (κ1) is 14.6. The zero-order valence-corrected chi connectivity index (χ0v) is 11.8. The summed E-state index contributed by atoms with van der Waals surface area (Å²) in [5.74, 6) is -0.256. The van der Waals surface area contributed by atoms with Gasteiger partial charge in [-0.1, -0.05) is 13.8 Å². The van der Waals surface area contributed by atoms with Crippen molar-refractivity contribution < 1.29 is 9.53 Å². The molecule has 0 bridgehead atoms. The van der Waals surface area contributed by atoms with Crippen molar-refractivity contribution >= 4 is 5.97 Å². The molecule has 4 heteroatoms. The summed E-state index contributed by atoms with van der Waals surface area (Å²) in [7, 11) is 1.40. The van der Waals surface area contributed by atoms with Crippen LogP contribution in [-0.4, -0.2) is 30.1 Å². The lowest BCUT2D eigenvalue weighted by Crippen LogP contribution is -2.51. The highest BCUT2D eigenvalue weighted by Gasteiger charge is 2.31. The molecule has 0 saturated carbocycles. The van der Waals surface area contributed by atoms with E-state index in [1.54, 1.807) is 12.4 Å². The van der Waals surface area contributed by atoms with Crippen molar-refractivity contribution in [2.75, 3.05) is 13.7 Å². The Morgan fingerprint density at radius 1 is 1.28 bits per heavy atom. The number of rotatable bonds is 5. The minimum atomic E-state index is -0.681. The average Bonchev–Trinajstić information content (AvgIpc) is 2.36. The summed E-state index contributed by atoms with van der Waals surface area (Å²) in [6, 6.07) is 3.99. The van der Waals surface area contributed by atoms with Crippen molar-refractivity contribution in [3.8, 4) is 0 Å². The molecule has 18 heavy (non-hydrogen) atoms. The number of ether oxygens (including phenoxy) is 1. The molecule has 0 atom stereocenters. The summed E-state index contributed by atoms with van der Waals surface area (Å²) in [5, 5.41) is 3.25. The maximum absolute atomic E-state index is 11.6. The molecule has 0 radical (unpaired) electrons. The van der Waals surface area contributed by atoms with E-state index in [0.717, 1.165) is 0 Å². The molecule has 0 amide bonds. The van der Waals surface area contributed by atoms with Crippen LogP contribution in [0.3, 0.4) is 0 Å². The average molecular weight is 250 g/mol. The molecule has 1 aromatic heterocycles. The fourth-order valence-corrected chi connectivity index (χ4v) is 1.67. The van der Waals surface area contributed by atoms with Gasteiger partial charge in [-0.2, -0.15) is 0 Å². The molecular weight excluding hydrogens is 228 g/mol. The van der Waals surface area contributed by atoms with Gasteiger partial charge in [0.25, 0.3) is 0 Å². The van der Waals surface area contributed by atoms with Crippen LogP contribution in [0.15, 0.2) is 24.5 Å². The van der Waals surface area contributed by atoms with Gasteiger partial charge in [0.2, 0.25) is 0 Å². The third kappa shape index (κ3) is 3.53. The number of nitrogens with zero attached hydrogens (tertiary/aromatic N) is 1. The summed E-state index contributed by atoms with van der Waals surface area (Å²) in [5.41, 5.74) is 0.429. The van der Waals surface area contributed by atoms with E-state index in [2.05, 4.69) is 24.1 Å². The molecule has 1 aromatic rings. The molecule has 0 aliphatic heterocycles. The number of methoxy groups -OCH3 is 1. The van der Waals surface area contributed by atoms with Crippen molar-refractivity contribution in [1.82, 2.24) is 10.3 Å². The van der Waals surface area contributed by atoms with Gasteiger partial charge in [-0.05, 0) is 31.5 Å². The smallest absolute Gasteiger partial charge is 0.325 e. The van der Waals surface area contributed by atoms with Gasteiger partial charge in [0, 0.05) is 24.4 Å². The third-order valence-electron chi connectivity index (χ3n) is 3.13. The highest BCUT2D eigenvalue weighted by Crippen LogP contribution is 2.22. The van der Waals surface area contributed by atoms with Crippen LogP contribution in [0.5, 0.6) is 0 Å². The summed E-state index contributed by atoms with van der Waals surface area (Å²) < 4.78 is 4.77. The Kier molecular flexibility index (Phi) is 4.46. The Hall–Kier alpha value is -1.42. The lowest BCUT2D eigenvalue weighted by molar-refractivity contribution is -0.147. The van der Waals surface area contributed by atoms with Gasteiger partial charge in [0.1, 0.15) is 5.54 Å². The number of hydrogen-bond acceptors (Lipinski definition) is 4. The second kappa shape index (κ2) is 5.48. The predicted molar refractivity (Wildman–Crippen MR) is 71.4 cm³/mol. The maximum atomic E-state index is 11.6. The van der Waals surface area contributed by atoms with E-state index in [1.807, 2.05) is 26.0 Å². The normalized spacial score (nSPS) is 12.3. The summed E-state index contributed by atoms with van der Waals surface area (Å²) >= 11 is 0. The number of esters is 1. The summed E-state index contributed by atoms with van der Waals surface area (Å²) in [6.45, 7) is 8.58. The standard InChI is InChI=1S/C14H22N2O2/c1-13(2,11-6-8-15-9-7-11)10-16-14(3,4)12(17)18-5/h6-9,16H,10H2,1-5H3. The van der Waals surface area contributed by atoms with E-state index in [0.29, 0.717) is 6.54 Å². The van der Waals surface area contributed by atoms with Gasteiger partial charge in [-0.15, -0.1) is 0 Å². The van der Waals surface area contributed by atoms with E-state index in [4.69, 9.17) is 4.74 Å². The minimum Gasteiger partial charge on any atom is -0.468 e. The Labute approximate surface area is 109 Å². The zero-order valence-electron chi connectivity index (χ0n) is 11.8. The number of hydrogen-bond donors (Lipinski definition) is 1. The molecule has 0 unspecified atom stereocenters. The van der Waals surface area contributed by atoms with Crippen LogP contribution in [-0.2, 0) is 14.9 Å². The first-order valence-electron chi connectivity index (χ1n) is 6.03. The fourth-order valence-electron chi connectivity index (χ4n) is 1.67. The second-order valence-electron chi connectivity index (χ2n) is 5.59. The zero-order chi connectivity index (χ0) is 13.8. The van der Waals surface area contributed by atoms with Gasteiger partial charge >= 0.3 is 5.97 Å². The van der Waals surface area contributed by atoms with Crippen LogP contribution in [0.25, 0.3) is 0 Å². The SMILES string of the molecule is COC(=O)C(C)(C)NCC(C)(C)c1ccncc1. The Bertz CT molecular complexity index is 400. The van der Waals surface area contributed by atoms with Crippen LogP contribution in [0.4, 0.5) is 0 Å².